The molecule has 3 rings (SSSR count). The Morgan fingerprint density at radius 3 is 1.48 bits per heavy atom. The SMILES string of the molecule is CC(Oc1ccc(Oc2ccc(Oc3ccccc3)cc2)cc1)C(=O)O.Cl. The molecular formula is C21H19ClO5. The van der Waals surface area contributed by atoms with Gasteiger partial charge in [-0.1, -0.05) is 18.2 Å². The molecule has 0 spiro atoms. The largest absolute Gasteiger partial charge is 0.479 e. The number of hydrogen-bond donors (Lipinski definition) is 1. The van der Waals surface area contributed by atoms with Crippen LogP contribution in [0.15, 0.2) is 78.9 Å². The molecule has 0 radical (unpaired) electrons. The fourth-order valence-electron chi connectivity index (χ4n) is 2.18. The molecular weight excluding hydrogens is 368 g/mol. The van der Waals surface area contributed by atoms with E-state index in [1.807, 2.05) is 54.6 Å². The van der Waals surface area contributed by atoms with Crippen molar-refractivity contribution >= 4 is 18.4 Å². The van der Waals surface area contributed by atoms with Gasteiger partial charge in [-0.15, -0.1) is 12.4 Å². The van der Waals surface area contributed by atoms with Crippen LogP contribution in [0.2, 0.25) is 0 Å². The molecule has 0 heterocycles. The summed E-state index contributed by atoms with van der Waals surface area (Å²) in [7, 11) is 0. The van der Waals surface area contributed by atoms with Crippen molar-refractivity contribution in [3.63, 3.8) is 0 Å². The fourth-order valence-corrected chi connectivity index (χ4v) is 2.18. The Morgan fingerprint density at radius 2 is 1.07 bits per heavy atom. The van der Waals surface area contributed by atoms with E-state index in [9.17, 15) is 4.79 Å². The molecule has 5 nitrogen and oxygen atoms in total. The summed E-state index contributed by atoms with van der Waals surface area (Å²) < 4.78 is 16.8. The average Bonchev–Trinajstić information content (AvgIpc) is 2.66. The molecule has 27 heavy (non-hydrogen) atoms. The molecule has 0 aliphatic carbocycles. The van der Waals surface area contributed by atoms with Crippen LogP contribution in [0, 0.1) is 0 Å². The van der Waals surface area contributed by atoms with Gasteiger partial charge in [-0.25, -0.2) is 4.79 Å². The van der Waals surface area contributed by atoms with Crippen LogP contribution in [0.5, 0.6) is 28.7 Å². The molecule has 3 aromatic carbocycles. The topological polar surface area (TPSA) is 65.0 Å². The molecule has 3 aromatic rings. The van der Waals surface area contributed by atoms with E-state index in [2.05, 4.69) is 0 Å². The first-order chi connectivity index (χ1) is 12.6. The molecule has 0 bridgehead atoms. The molecule has 0 aromatic heterocycles. The zero-order chi connectivity index (χ0) is 18.4. The lowest BCUT2D eigenvalue weighted by atomic mass is 10.3. The van der Waals surface area contributed by atoms with Crippen molar-refractivity contribution in [1.82, 2.24) is 0 Å². The predicted octanol–water partition coefficient (Wildman–Crippen LogP) is 5.54. The van der Waals surface area contributed by atoms with Gasteiger partial charge in [-0.3, -0.25) is 0 Å². The minimum Gasteiger partial charge on any atom is -0.479 e. The summed E-state index contributed by atoms with van der Waals surface area (Å²) in [4.78, 5) is 10.8. The molecule has 1 atom stereocenters. The van der Waals surface area contributed by atoms with Crippen LogP contribution in [0.1, 0.15) is 6.92 Å². The van der Waals surface area contributed by atoms with Crippen molar-refractivity contribution < 1.29 is 24.1 Å². The van der Waals surface area contributed by atoms with Gasteiger partial charge in [-0.05, 0) is 67.6 Å². The highest BCUT2D eigenvalue weighted by Gasteiger charge is 2.12. The van der Waals surface area contributed by atoms with Gasteiger partial charge in [0.05, 0.1) is 0 Å². The molecule has 0 amide bonds. The standard InChI is InChI=1S/C21H18O5.ClH/c1-15(21(22)23)24-17-7-9-19(10-8-17)26-20-13-11-18(12-14-20)25-16-5-3-2-4-6-16;/h2-15H,1H3,(H,22,23);1H. The zero-order valence-electron chi connectivity index (χ0n) is 14.6. The van der Waals surface area contributed by atoms with E-state index in [0.29, 0.717) is 17.2 Å². The van der Waals surface area contributed by atoms with Crippen LogP contribution in [0.3, 0.4) is 0 Å². The summed E-state index contributed by atoms with van der Waals surface area (Å²) in [5.74, 6) is 2.24. The third-order valence-corrected chi connectivity index (χ3v) is 3.52. The second-order valence-electron chi connectivity index (χ2n) is 5.56. The van der Waals surface area contributed by atoms with Gasteiger partial charge >= 0.3 is 5.97 Å². The molecule has 0 fully saturated rings. The summed E-state index contributed by atoms with van der Waals surface area (Å²) >= 11 is 0. The predicted molar refractivity (Wildman–Crippen MR) is 104 cm³/mol. The van der Waals surface area contributed by atoms with E-state index >= 15 is 0 Å². The van der Waals surface area contributed by atoms with Crippen LogP contribution >= 0.6 is 12.4 Å². The lowest BCUT2D eigenvalue weighted by molar-refractivity contribution is -0.144. The maximum absolute atomic E-state index is 10.8. The van der Waals surface area contributed by atoms with Crippen molar-refractivity contribution in [2.24, 2.45) is 0 Å². The molecule has 0 saturated heterocycles. The number of para-hydroxylation sites is 1. The molecule has 140 valence electrons. The van der Waals surface area contributed by atoms with Gasteiger partial charge in [0.25, 0.3) is 0 Å². The van der Waals surface area contributed by atoms with Crippen LogP contribution < -0.4 is 14.2 Å². The van der Waals surface area contributed by atoms with E-state index in [0.717, 1.165) is 11.5 Å². The van der Waals surface area contributed by atoms with Crippen molar-refractivity contribution in [1.29, 1.82) is 0 Å². The van der Waals surface area contributed by atoms with Gasteiger partial charge < -0.3 is 19.3 Å². The molecule has 1 N–H and O–H groups in total. The molecule has 0 aliphatic heterocycles. The highest BCUT2D eigenvalue weighted by atomic mass is 35.5. The number of halogens is 1. The lowest BCUT2D eigenvalue weighted by Gasteiger charge is -2.11. The van der Waals surface area contributed by atoms with E-state index in [1.54, 1.807) is 24.3 Å². The Hall–Kier alpha value is -3.18. The Labute approximate surface area is 163 Å². The minimum absolute atomic E-state index is 0. The van der Waals surface area contributed by atoms with Crippen LogP contribution in [-0.2, 0) is 4.79 Å². The Kier molecular flexibility index (Phi) is 7.08. The molecule has 1 unspecified atom stereocenters. The van der Waals surface area contributed by atoms with Gasteiger partial charge in [-0.2, -0.15) is 0 Å². The quantitative estimate of drug-likeness (QED) is 0.577. The summed E-state index contributed by atoms with van der Waals surface area (Å²) in [6.45, 7) is 1.48. The number of carbonyl (C=O) groups is 1. The van der Waals surface area contributed by atoms with Gasteiger partial charge in [0, 0.05) is 0 Å². The van der Waals surface area contributed by atoms with Gasteiger partial charge in [0.15, 0.2) is 6.10 Å². The first-order valence-corrected chi connectivity index (χ1v) is 8.10. The lowest BCUT2D eigenvalue weighted by Crippen LogP contribution is -2.22. The van der Waals surface area contributed by atoms with E-state index in [1.165, 1.54) is 6.92 Å². The number of rotatable bonds is 7. The normalized spacial score (nSPS) is 11.0. The summed E-state index contributed by atoms with van der Waals surface area (Å²) in [5, 5.41) is 8.85. The second-order valence-corrected chi connectivity index (χ2v) is 5.56. The Balaban J connectivity index is 0.00000261. The highest BCUT2D eigenvalue weighted by Crippen LogP contribution is 2.27. The number of aliphatic carboxylic acids is 1. The number of hydrogen-bond acceptors (Lipinski definition) is 4. The molecule has 0 saturated carbocycles. The van der Waals surface area contributed by atoms with Crippen molar-refractivity contribution in [3.05, 3.63) is 78.9 Å². The highest BCUT2D eigenvalue weighted by molar-refractivity contribution is 5.85. The maximum atomic E-state index is 10.8. The van der Waals surface area contributed by atoms with E-state index < -0.39 is 12.1 Å². The van der Waals surface area contributed by atoms with Gasteiger partial charge in [0.1, 0.15) is 28.7 Å². The zero-order valence-corrected chi connectivity index (χ0v) is 15.4. The first kappa shape index (κ1) is 20.1. The fraction of sp³-hybridized carbons (Fsp3) is 0.0952. The van der Waals surface area contributed by atoms with Crippen molar-refractivity contribution in [2.75, 3.05) is 0 Å². The third-order valence-electron chi connectivity index (χ3n) is 3.52. The Morgan fingerprint density at radius 1 is 0.704 bits per heavy atom. The Bertz CT molecular complexity index is 848. The van der Waals surface area contributed by atoms with Crippen LogP contribution in [0.25, 0.3) is 0 Å². The summed E-state index contributed by atoms with van der Waals surface area (Å²) in [5.41, 5.74) is 0. The van der Waals surface area contributed by atoms with Crippen molar-refractivity contribution in [3.8, 4) is 28.7 Å². The van der Waals surface area contributed by atoms with E-state index in [-0.39, 0.29) is 12.4 Å². The second kappa shape index (κ2) is 9.50. The van der Waals surface area contributed by atoms with E-state index in [4.69, 9.17) is 19.3 Å². The third kappa shape index (κ3) is 5.94. The number of ether oxygens (including phenoxy) is 3. The average molecular weight is 387 g/mol. The monoisotopic (exact) mass is 386 g/mol. The number of carboxylic acid groups (broad SMARTS) is 1. The molecule has 0 aliphatic rings. The number of benzene rings is 3. The summed E-state index contributed by atoms with van der Waals surface area (Å²) in [6.07, 6.45) is -0.904. The van der Waals surface area contributed by atoms with Crippen LogP contribution in [0.4, 0.5) is 0 Å². The number of carboxylic acids is 1. The van der Waals surface area contributed by atoms with Crippen LogP contribution in [-0.4, -0.2) is 17.2 Å². The van der Waals surface area contributed by atoms with Gasteiger partial charge in [0.2, 0.25) is 0 Å². The minimum atomic E-state index is -1.01. The van der Waals surface area contributed by atoms with Crippen molar-refractivity contribution in [2.45, 2.75) is 13.0 Å². The smallest absolute Gasteiger partial charge is 0.344 e. The first-order valence-electron chi connectivity index (χ1n) is 8.10. The summed E-state index contributed by atoms with van der Waals surface area (Å²) in [6, 6.07) is 23.6. The molecule has 6 heteroatoms. The maximum Gasteiger partial charge on any atom is 0.344 e.